The van der Waals surface area contributed by atoms with Gasteiger partial charge in [-0.3, -0.25) is 4.79 Å². The second kappa shape index (κ2) is 8.53. The van der Waals surface area contributed by atoms with Gasteiger partial charge in [0.1, 0.15) is 0 Å². The van der Waals surface area contributed by atoms with Crippen molar-refractivity contribution in [2.75, 3.05) is 10.6 Å². The van der Waals surface area contributed by atoms with Crippen molar-refractivity contribution >= 4 is 57.1 Å². The number of benzene rings is 2. The third-order valence-corrected chi connectivity index (χ3v) is 5.74. The molecule has 1 aromatic heterocycles. The van der Waals surface area contributed by atoms with E-state index in [1.807, 2.05) is 38.1 Å². The minimum absolute atomic E-state index is 0.0967. The Morgan fingerprint density at radius 3 is 2.42 bits per heavy atom. The van der Waals surface area contributed by atoms with Gasteiger partial charge in [0, 0.05) is 16.4 Å². The van der Waals surface area contributed by atoms with Gasteiger partial charge < -0.3 is 10.6 Å². The molecule has 0 spiro atoms. The van der Waals surface area contributed by atoms with Crippen molar-refractivity contribution in [1.82, 2.24) is 10.2 Å². The largest absolute Gasteiger partial charge is 0.330 e. The maximum Gasteiger partial charge on any atom is 0.237 e. The van der Waals surface area contributed by atoms with Gasteiger partial charge in [0.25, 0.3) is 0 Å². The second-order valence-corrected chi connectivity index (χ2v) is 8.62. The number of amides is 1. The minimum atomic E-state index is -0.300. The average molecular weight is 405 g/mol. The standard InChI is InChI=1S/C18H17ClN4OS2/c1-11-3-7-15(8-4-11)21-17-22-23-18(26-17)25-12(2)16(24)20-14-9-5-13(19)6-10-14/h3-10,12H,1-2H3,(H,20,24)(H,21,22)/t12-/m0/s1. The number of carbonyl (C=O) groups excluding carboxylic acids is 1. The Hall–Kier alpha value is -2.09. The summed E-state index contributed by atoms with van der Waals surface area (Å²) in [6, 6.07) is 15.1. The first kappa shape index (κ1) is 18.7. The number of halogens is 1. The van der Waals surface area contributed by atoms with Crippen LogP contribution in [-0.4, -0.2) is 21.4 Å². The Balaban J connectivity index is 1.56. The van der Waals surface area contributed by atoms with E-state index in [1.165, 1.54) is 28.7 Å². The molecule has 134 valence electrons. The molecule has 5 nitrogen and oxygen atoms in total. The van der Waals surface area contributed by atoms with Crippen LogP contribution in [0.5, 0.6) is 0 Å². The fourth-order valence-electron chi connectivity index (χ4n) is 2.05. The van der Waals surface area contributed by atoms with E-state index in [0.717, 1.165) is 10.0 Å². The molecule has 0 bridgehead atoms. The van der Waals surface area contributed by atoms with Crippen molar-refractivity contribution < 1.29 is 4.79 Å². The molecular weight excluding hydrogens is 388 g/mol. The third-order valence-electron chi connectivity index (χ3n) is 3.47. The molecule has 0 radical (unpaired) electrons. The summed E-state index contributed by atoms with van der Waals surface area (Å²) in [6.07, 6.45) is 0. The highest BCUT2D eigenvalue weighted by atomic mass is 35.5. The van der Waals surface area contributed by atoms with Crippen molar-refractivity contribution in [3.05, 3.63) is 59.1 Å². The summed E-state index contributed by atoms with van der Waals surface area (Å²) in [5.74, 6) is -0.0967. The Bertz CT molecular complexity index is 881. The Labute approximate surface area is 165 Å². The molecule has 0 aliphatic carbocycles. The monoisotopic (exact) mass is 404 g/mol. The van der Waals surface area contributed by atoms with E-state index in [2.05, 4.69) is 20.8 Å². The summed E-state index contributed by atoms with van der Waals surface area (Å²) in [4.78, 5) is 12.3. The van der Waals surface area contributed by atoms with E-state index in [9.17, 15) is 4.79 Å². The zero-order chi connectivity index (χ0) is 18.5. The van der Waals surface area contributed by atoms with Gasteiger partial charge in [0.15, 0.2) is 4.34 Å². The molecule has 0 aliphatic rings. The molecule has 8 heteroatoms. The lowest BCUT2D eigenvalue weighted by molar-refractivity contribution is -0.115. The van der Waals surface area contributed by atoms with Crippen LogP contribution in [0.3, 0.4) is 0 Å². The molecule has 1 heterocycles. The van der Waals surface area contributed by atoms with Crippen LogP contribution in [0.2, 0.25) is 5.02 Å². The average Bonchev–Trinajstić information content (AvgIpc) is 3.06. The maximum atomic E-state index is 12.3. The Morgan fingerprint density at radius 2 is 1.73 bits per heavy atom. The molecule has 2 aromatic carbocycles. The van der Waals surface area contributed by atoms with E-state index in [-0.39, 0.29) is 11.2 Å². The normalized spacial score (nSPS) is 11.8. The molecule has 0 aliphatic heterocycles. The molecule has 3 rings (SSSR count). The van der Waals surface area contributed by atoms with E-state index < -0.39 is 0 Å². The first-order chi connectivity index (χ1) is 12.5. The van der Waals surface area contributed by atoms with E-state index in [1.54, 1.807) is 24.3 Å². The van der Waals surface area contributed by atoms with Crippen molar-refractivity contribution in [2.45, 2.75) is 23.4 Å². The molecule has 0 unspecified atom stereocenters. The predicted octanol–water partition coefficient (Wildman–Crippen LogP) is 5.36. The molecule has 2 N–H and O–H groups in total. The van der Waals surface area contributed by atoms with E-state index in [4.69, 9.17) is 11.6 Å². The number of rotatable bonds is 6. The fourth-order valence-corrected chi connectivity index (χ4v) is 4.09. The van der Waals surface area contributed by atoms with Crippen molar-refractivity contribution in [3.8, 4) is 0 Å². The number of hydrogen-bond acceptors (Lipinski definition) is 6. The molecule has 0 fully saturated rings. The van der Waals surface area contributed by atoms with Crippen molar-refractivity contribution in [1.29, 1.82) is 0 Å². The summed E-state index contributed by atoms with van der Waals surface area (Å²) in [6.45, 7) is 3.88. The number of hydrogen-bond donors (Lipinski definition) is 2. The Kier molecular flexibility index (Phi) is 6.13. The zero-order valence-corrected chi connectivity index (χ0v) is 16.6. The van der Waals surface area contributed by atoms with Gasteiger partial charge >= 0.3 is 0 Å². The van der Waals surface area contributed by atoms with Crippen LogP contribution < -0.4 is 10.6 Å². The molecule has 0 saturated heterocycles. The molecule has 0 saturated carbocycles. The highest BCUT2D eigenvalue weighted by Gasteiger charge is 2.17. The van der Waals surface area contributed by atoms with Crippen LogP contribution in [0, 0.1) is 6.92 Å². The summed E-state index contributed by atoms with van der Waals surface area (Å²) in [7, 11) is 0. The van der Waals surface area contributed by atoms with Crippen LogP contribution in [0.4, 0.5) is 16.5 Å². The Morgan fingerprint density at radius 1 is 1.08 bits per heavy atom. The lowest BCUT2D eigenvalue weighted by Crippen LogP contribution is -2.22. The van der Waals surface area contributed by atoms with Crippen LogP contribution in [0.1, 0.15) is 12.5 Å². The first-order valence-electron chi connectivity index (χ1n) is 7.90. The van der Waals surface area contributed by atoms with E-state index in [0.29, 0.717) is 15.8 Å². The maximum absolute atomic E-state index is 12.3. The van der Waals surface area contributed by atoms with Crippen molar-refractivity contribution in [2.24, 2.45) is 0 Å². The number of thioether (sulfide) groups is 1. The quantitative estimate of drug-likeness (QED) is 0.541. The summed E-state index contributed by atoms with van der Waals surface area (Å²) in [5.41, 5.74) is 2.87. The van der Waals surface area contributed by atoms with Gasteiger partial charge in [-0.05, 0) is 50.2 Å². The van der Waals surface area contributed by atoms with Crippen LogP contribution in [0.25, 0.3) is 0 Å². The highest BCUT2D eigenvalue weighted by Crippen LogP contribution is 2.31. The molecule has 3 aromatic rings. The van der Waals surface area contributed by atoms with Gasteiger partial charge in [0.2, 0.25) is 11.0 Å². The smallest absolute Gasteiger partial charge is 0.237 e. The molecule has 26 heavy (non-hydrogen) atoms. The van der Waals surface area contributed by atoms with Gasteiger partial charge in [-0.15, -0.1) is 10.2 Å². The predicted molar refractivity (Wildman–Crippen MR) is 110 cm³/mol. The topological polar surface area (TPSA) is 66.9 Å². The fraction of sp³-hybridized carbons (Fsp3) is 0.167. The molecular formula is C18H17ClN4OS2. The summed E-state index contributed by atoms with van der Waals surface area (Å²) < 4.78 is 0.735. The van der Waals surface area contributed by atoms with Gasteiger partial charge in [-0.25, -0.2) is 0 Å². The minimum Gasteiger partial charge on any atom is -0.330 e. The first-order valence-corrected chi connectivity index (χ1v) is 9.97. The number of nitrogens with zero attached hydrogens (tertiary/aromatic N) is 2. The number of carbonyl (C=O) groups is 1. The third kappa shape index (κ3) is 5.20. The van der Waals surface area contributed by atoms with Crippen molar-refractivity contribution in [3.63, 3.8) is 0 Å². The number of nitrogens with one attached hydrogen (secondary N) is 2. The lowest BCUT2D eigenvalue weighted by atomic mass is 10.2. The van der Waals surface area contributed by atoms with Crippen LogP contribution in [0.15, 0.2) is 52.9 Å². The number of aromatic nitrogens is 2. The lowest BCUT2D eigenvalue weighted by Gasteiger charge is -2.10. The summed E-state index contributed by atoms with van der Waals surface area (Å²) >= 11 is 8.64. The van der Waals surface area contributed by atoms with E-state index >= 15 is 0 Å². The SMILES string of the molecule is Cc1ccc(Nc2nnc(S[C@@H](C)C(=O)Nc3ccc(Cl)cc3)s2)cc1. The highest BCUT2D eigenvalue weighted by molar-refractivity contribution is 8.02. The van der Waals surface area contributed by atoms with Gasteiger partial charge in [-0.1, -0.05) is 52.4 Å². The van der Waals surface area contributed by atoms with Gasteiger partial charge in [-0.2, -0.15) is 0 Å². The van der Waals surface area contributed by atoms with Crippen LogP contribution >= 0.6 is 34.7 Å². The number of aryl methyl sites for hydroxylation is 1. The second-order valence-electron chi connectivity index (χ2n) is 5.62. The van der Waals surface area contributed by atoms with Crippen LogP contribution in [-0.2, 0) is 4.79 Å². The molecule has 1 amide bonds. The zero-order valence-electron chi connectivity index (χ0n) is 14.2. The molecule has 1 atom stereocenters. The number of anilines is 3. The van der Waals surface area contributed by atoms with Gasteiger partial charge in [0.05, 0.1) is 5.25 Å². The summed E-state index contributed by atoms with van der Waals surface area (Å²) in [5, 5.41) is 15.4.